The summed E-state index contributed by atoms with van der Waals surface area (Å²) in [6.45, 7) is 8.07. The van der Waals surface area contributed by atoms with Crippen molar-refractivity contribution in [3.8, 4) is 23.0 Å². The Morgan fingerprint density at radius 1 is 0.906 bits per heavy atom. The zero-order valence-electron chi connectivity index (χ0n) is 18.5. The van der Waals surface area contributed by atoms with Crippen molar-refractivity contribution in [2.24, 2.45) is 0 Å². The number of hydrogen-bond donors (Lipinski definition) is 2. The summed E-state index contributed by atoms with van der Waals surface area (Å²) in [6.07, 6.45) is 0. The van der Waals surface area contributed by atoms with Crippen LogP contribution < -0.4 is 20.6 Å². The highest BCUT2D eigenvalue weighted by Gasteiger charge is 2.31. The van der Waals surface area contributed by atoms with Crippen LogP contribution in [0.3, 0.4) is 0 Å². The van der Waals surface area contributed by atoms with Crippen molar-refractivity contribution in [2.45, 2.75) is 46.7 Å². The molecule has 3 aromatic rings. The molecule has 0 aliphatic carbocycles. The van der Waals surface area contributed by atoms with Gasteiger partial charge in [0.2, 0.25) is 6.79 Å². The Kier molecular flexibility index (Phi) is 5.46. The highest BCUT2D eigenvalue weighted by Crippen LogP contribution is 2.43. The maximum Gasteiger partial charge on any atom is 0.258 e. The molecule has 0 spiro atoms. The number of rotatable bonds is 5. The molecule has 1 unspecified atom stereocenters. The minimum Gasteiger partial charge on any atom is -0.507 e. The van der Waals surface area contributed by atoms with Crippen molar-refractivity contribution in [3.05, 3.63) is 79.1 Å². The first-order chi connectivity index (χ1) is 15.3. The second kappa shape index (κ2) is 8.11. The normalized spacial score (nSPS) is 13.4. The summed E-state index contributed by atoms with van der Waals surface area (Å²) in [7, 11) is 0. The Bertz CT molecular complexity index is 1320. The number of pyridine rings is 2. The summed E-state index contributed by atoms with van der Waals surface area (Å²) in [5.41, 5.74) is 1.56. The van der Waals surface area contributed by atoms with Crippen molar-refractivity contribution in [1.29, 1.82) is 0 Å². The number of aryl methyl sites for hydroxylation is 1. The quantitative estimate of drug-likeness (QED) is 0.635. The van der Waals surface area contributed by atoms with Crippen molar-refractivity contribution in [1.82, 2.24) is 9.13 Å². The fourth-order valence-corrected chi connectivity index (χ4v) is 4.52. The second-order valence-corrected chi connectivity index (χ2v) is 7.79. The number of nitrogens with zero attached hydrogens (tertiary/aromatic N) is 2. The summed E-state index contributed by atoms with van der Waals surface area (Å²) in [4.78, 5) is 25.9. The Morgan fingerprint density at radius 3 is 2.25 bits per heavy atom. The maximum atomic E-state index is 13.5. The van der Waals surface area contributed by atoms with Gasteiger partial charge in [-0.15, -0.1) is 0 Å². The van der Waals surface area contributed by atoms with Gasteiger partial charge >= 0.3 is 0 Å². The molecule has 32 heavy (non-hydrogen) atoms. The summed E-state index contributed by atoms with van der Waals surface area (Å²) in [5, 5.41) is 21.8. The summed E-state index contributed by atoms with van der Waals surface area (Å²) >= 11 is 0. The lowest BCUT2D eigenvalue weighted by molar-refractivity contribution is 0.174. The van der Waals surface area contributed by atoms with Crippen molar-refractivity contribution in [2.75, 3.05) is 6.79 Å². The van der Waals surface area contributed by atoms with E-state index in [9.17, 15) is 19.8 Å². The molecule has 1 aliphatic rings. The molecule has 1 atom stereocenters. The molecule has 0 radical (unpaired) electrons. The Labute approximate surface area is 184 Å². The molecule has 3 heterocycles. The predicted molar refractivity (Wildman–Crippen MR) is 119 cm³/mol. The van der Waals surface area contributed by atoms with Gasteiger partial charge < -0.3 is 28.8 Å². The molecule has 2 aromatic heterocycles. The number of benzene rings is 1. The SMILES string of the molecule is CCn1c(C)c(C(c2ccc3c(c2)OCO3)c2c(O)cc(C)n(CC)c2=O)c(O)cc1=O. The molecular formula is C24H26N2O6. The third kappa shape index (κ3) is 3.32. The fourth-order valence-electron chi connectivity index (χ4n) is 4.52. The van der Waals surface area contributed by atoms with E-state index in [1.54, 1.807) is 42.7 Å². The summed E-state index contributed by atoms with van der Waals surface area (Å²) in [6, 6.07) is 7.93. The average Bonchev–Trinajstić information content (AvgIpc) is 3.20. The predicted octanol–water partition coefficient (Wildman–Crippen LogP) is 2.99. The molecule has 8 heteroatoms. The minimum atomic E-state index is -0.839. The van der Waals surface area contributed by atoms with Gasteiger partial charge in [-0.2, -0.15) is 0 Å². The molecule has 0 bridgehead atoms. The maximum absolute atomic E-state index is 13.5. The van der Waals surface area contributed by atoms with Crippen LogP contribution in [0, 0.1) is 13.8 Å². The number of aromatic nitrogens is 2. The molecular weight excluding hydrogens is 412 g/mol. The van der Waals surface area contributed by atoms with Crippen molar-refractivity contribution >= 4 is 0 Å². The molecule has 0 fully saturated rings. The molecule has 0 amide bonds. The monoisotopic (exact) mass is 438 g/mol. The van der Waals surface area contributed by atoms with Crippen LogP contribution in [0.4, 0.5) is 0 Å². The van der Waals surface area contributed by atoms with Crippen molar-refractivity contribution < 1.29 is 19.7 Å². The van der Waals surface area contributed by atoms with Gasteiger partial charge in [0, 0.05) is 42.0 Å². The smallest absolute Gasteiger partial charge is 0.258 e. The average molecular weight is 438 g/mol. The van der Waals surface area contributed by atoms with Gasteiger partial charge in [0.05, 0.1) is 5.56 Å². The van der Waals surface area contributed by atoms with Gasteiger partial charge in [0.1, 0.15) is 11.5 Å². The van der Waals surface area contributed by atoms with Crippen LogP contribution in [0.15, 0.2) is 39.9 Å². The molecule has 0 saturated carbocycles. The van der Waals surface area contributed by atoms with Crippen LogP contribution >= 0.6 is 0 Å². The van der Waals surface area contributed by atoms with Crippen LogP contribution in [0.25, 0.3) is 0 Å². The third-order valence-electron chi connectivity index (χ3n) is 6.06. The fraction of sp³-hybridized carbons (Fsp3) is 0.333. The van der Waals surface area contributed by atoms with E-state index in [4.69, 9.17) is 9.47 Å². The first-order valence-corrected chi connectivity index (χ1v) is 10.5. The lowest BCUT2D eigenvalue weighted by atomic mass is 9.83. The van der Waals surface area contributed by atoms with Crippen LogP contribution in [-0.4, -0.2) is 26.1 Å². The van der Waals surface area contributed by atoms with Crippen LogP contribution in [0.2, 0.25) is 0 Å². The Balaban J connectivity index is 2.10. The van der Waals surface area contributed by atoms with Gasteiger partial charge in [-0.3, -0.25) is 9.59 Å². The standard InChI is InChI=1S/C24H26N2O6/c1-5-25-13(3)9-16(27)23(24(25)30)22(15-7-8-18-19(10-15)32-12-31-18)21-14(4)26(6-2)20(29)11-17(21)28/h7-11,22,27-28H,5-6,12H2,1-4H3. The summed E-state index contributed by atoms with van der Waals surface area (Å²) < 4.78 is 14.0. The largest absolute Gasteiger partial charge is 0.507 e. The van der Waals surface area contributed by atoms with Crippen LogP contribution in [0.1, 0.15) is 47.8 Å². The lowest BCUT2D eigenvalue weighted by Crippen LogP contribution is -2.29. The number of hydrogen-bond acceptors (Lipinski definition) is 6. The topological polar surface area (TPSA) is 103 Å². The third-order valence-corrected chi connectivity index (χ3v) is 6.06. The van der Waals surface area contributed by atoms with Gasteiger partial charge in [-0.1, -0.05) is 6.07 Å². The number of aromatic hydroxyl groups is 2. The van der Waals surface area contributed by atoms with E-state index in [-0.39, 0.29) is 35.0 Å². The molecule has 168 valence electrons. The van der Waals surface area contributed by atoms with Crippen LogP contribution in [-0.2, 0) is 13.1 Å². The molecule has 1 aliphatic heterocycles. The molecule has 0 saturated heterocycles. The van der Waals surface area contributed by atoms with E-state index in [2.05, 4.69) is 0 Å². The zero-order valence-corrected chi connectivity index (χ0v) is 18.5. The van der Waals surface area contributed by atoms with Gasteiger partial charge in [0.25, 0.3) is 11.1 Å². The molecule has 8 nitrogen and oxygen atoms in total. The van der Waals surface area contributed by atoms with E-state index < -0.39 is 5.92 Å². The highest BCUT2D eigenvalue weighted by atomic mass is 16.7. The number of ether oxygens (including phenoxy) is 2. The van der Waals surface area contributed by atoms with E-state index in [0.29, 0.717) is 47.1 Å². The van der Waals surface area contributed by atoms with Gasteiger partial charge in [-0.05, 0) is 51.5 Å². The molecule has 1 aromatic carbocycles. The second-order valence-electron chi connectivity index (χ2n) is 7.79. The van der Waals surface area contributed by atoms with E-state index in [0.717, 1.165) is 6.07 Å². The van der Waals surface area contributed by atoms with E-state index in [1.807, 2.05) is 13.8 Å². The Morgan fingerprint density at radius 2 is 1.56 bits per heavy atom. The zero-order chi connectivity index (χ0) is 23.2. The minimum absolute atomic E-state index is 0.0901. The number of fused-ring (bicyclic) bond motifs is 1. The van der Waals surface area contributed by atoms with Gasteiger partial charge in [0.15, 0.2) is 11.5 Å². The summed E-state index contributed by atoms with van der Waals surface area (Å²) in [5.74, 6) is -0.161. The van der Waals surface area contributed by atoms with E-state index >= 15 is 0 Å². The van der Waals surface area contributed by atoms with E-state index in [1.165, 1.54) is 4.57 Å². The lowest BCUT2D eigenvalue weighted by Gasteiger charge is -2.25. The first-order valence-electron chi connectivity index (χ1n) is 10.5. The van der Waals surface area contributed by atoms with Crippen LogP contribution in [0.5, 0.6) is 23.0 Å². The molecule has 4 rings (SSSR count). The first kappa shape index (κ1) is 21.5. The Hall–Kier alpha value is -3.68. The molecule has 2 N–H and O–H groups in total. The van der Waals surface area contributed by atoms with Gasteiger partial charge in [-0.25, -0.2) is 0 Å². The highest BCUT2D eigenvalue weighted by molar-refractivity contribution is 5.56. The van der Waals surface area contributed by atoms with Crippen molar-refractivity contribution in [3.63, 3.8) is 0 Å².